The molecular formula is C14H18ClFN2O2. The van der Waals surface area contributed by atoms with E-state index in [1.807, 2.05) is 14.0 Å². The highest BCUT2D eigenvalue weighted by Gasteiger charge is 2.11. The van der Waals surface area contributed by atoms with Gasteiger partial charge in [-0.05, 0) is 26.1 Å². The molecule has 1 aromatic heterocycles. The van der Waals surface area contributed by atoms with E-state index in [1.54, 1.807) is 6.07 Å². The Hall–Kier alpha value is -1.59. The predicted molar refractivity (Wildman–Crippen MR) is 78.7 cm³/mol. The molecule has 20 heavy (non-hydrogen) atoms. The fourth-order valence-corrected chi connectivity index (χ4v) is 1.80. The van der Waals surface area contributed by atoms with E-state index >= 15 is 0 Å². The Kier molecular flexibility index (Phi) is 5.98. The number of carbonyl (C=O) groups excluding carboxylic acids is 1. The molecule has 1 amide bonds. The molecule has 1 heterocycles. The van der Waals surface area contributed by atoms with Gasteiger partial charge in [0.25, 0.3) is 0 Å². The van der Waals surface area contributed by atoms with Crippen molar-refractivity contribution in [3.63, 3.8) is 0 Å². The Morgan fingerprint density at radius 3 is 2.90 bits per heavy atom. The number of hydrogen-bond acceptors (Lipinski definition) is 3. The van der Waals surface area contributed by atoms with E-state index in [0.29, 0.717) is 12.1 Å². The molecule has 0 aliphatic carbocycles. The van der Waals surface area contributed by atoms with Gasteiger partial charge in [0.15, 0.2) is 0 Å². The van der Waals surface area contributed by atoms with E-state index in [-0.39, 0.29) is 36.6 Å². The van der Waals surface area contributed by atoms with E-state index < -0.39 is 0 Å². The first-order chi connectivity index (χ1) is 9.10. The molecular weight excluding hydrogens is 283 g/mol. The van der Waals surface area contributed by atoms with Gasteiger partial charge in [-0.2, -0.15) is 0 Å². The first-order valence-corrected chi connectivity index (χ1v) is 6.19. The lowest BCUT2D eigenvalue weighted by Crippen LogP contribution is -2.37. The average Bonchev–Trinajstić information content (AvgIpc) is 2.78. The predicted octanol–water partition coefficient (Wildman–Crippen LogP) is 2.26. The molecule has 110 valence electrons. The minimum absolute atomic E-state index is 0. The van der Waals surface area contributed by atoms with E-state index in [2.05, 4.69) is 10.6 Å². The Balaban J connectivity index is 0.00000200. The van der Waals surface area contributed by atoms with Crippen molar-refractivity contribution in [3.8, 4) is 0 Å². The molecule has 6 heteroatoms. The highest BCUT2D eigenvalue weighted by atomic mass is 35.5. The number of fused-ring (bicyclic) bond motifs is 1. The zero-order valence-electron chi connectivity index (χ0n) is 11.4. The number of rotatable bonds is 5. The van der Waals surface area contributed by atoms with Gasteiger partial charge in [-0.15, -0.1) is 12.4 Å². The summed E-state index contributed by atoms with van der Waals surface area (Å²) in [6, 6.07) is 4.54. The van der Waals surface area contributed by atoms with Crippen LogP contribution in [0.1, 0.15) is 12.5 Å². The third kappa shape index (κ3) is 3.95. The maximum atomic E-state index is 13.0. The van der Waals surface area contributed by atoms with Crippen molar-refractivity contribution in [1.29, 1.82) is 0 Å². The molecule has 2 N–H and O–H groups in total. The lowest BCUT2D eigenvalue weighted by molar-refractivity contribution is -0.120. The lowest BCUT2D eigenvalue weighted by Gasteiger charge is -2.10. The Morgan fingerprint density at radius 2 is 2.20 bits per heavy atom. The normalized spacial score (nSPS) is 11.9. The summed E-state index contributed by atoms with van der Waals surface area (Å²) in [6.45, 7) is 2.55. The van der Waals surface area contributed by atoms with Crippen molar-refractivity contribution in [2.24, 2.45) is 0 Å². The zero-order chi connectivity index (χ0) is 13.8. The van der Waals surface area contributed by atoms with Gasteiger partial charge in [-0.25, -0.2) is 4.39 Å². The first kappa shape index (κ1) is 16.5. The number of benzene rings is 1. The molecule has 1 atom stereocenters. The molecule has 0 spiro atoms. The number of amides is 1. The minimum Gasteiger partial charge on any atom is -0.464 e. The molecule has 4 nitrogen and oxygen atoms in total. The molecule has 1 unspecified atom stereocenters. The number of nitrogens with one attached hydrogen (secondary N) is 2. The van der Waals surface area contributed by atoms with Gasteiger partial charge in [0.2, 0.25) is 5.91 Å². The van der Waals surface area contributed by atoms with Crippen molar-refractivity contribution in [2.75, 3.05) is 13.6 Å². The molecule has 0 radical (unpaired) electrons. The van der Waals surface area contributed by atoms with Gasteiger partial charge in [0, 0.05) is 29.6 Å². The smallest absolute Gasteiger partial charge is 0.224 e. The summed E-state index contributed by atoms with van der Waals surface area (Å²) in [5, 5.41) is 6.65. The van der Waals surface area contributed by atoms with Gasteiger partial charge in [0.1, 0.15) is 11.4 Å². The van der Waals surface area contributed by atoms with Crippen molar-refractivity contribution >= 4 is 29.3 Å². The van der Waals surface area contributed by atoms with E-state index in [4.69, 9.17) is 4.42 Å². The summed E-state index contributed by atoms with van der Waals surface area (Å²) in [5.41, 5.74) is 1.23. The van der Waals surface area contributed by atoms with Crippen LogP contribution in [0.2, 0.25) is 0 Å². The van der Waals surface area contributed by atoms with Crippen LogP contribution in [0.25, 0.3) is 11.0 Å². The fourth-order valence-electron chi connectivity index (χ4n) is 1.80. The number of carbonyl (C=O) groups is 1. The summed E-state index contributed by atoms with van der Waals surface area (Å²) in [7, 11) is 1.84. The van der Waals surface area contributed by atoms with Gasteiger partial charge in [-0.1, -0.05) is 0 Å². The molecule has 0 saturated carbocycles. The highest BCUT2D eigenvalue weighted by molar-refractivity contribution is 5.87. The third-order valence-electron chi connectivity index (χ3n) is 3.07. The molecule has 0 saturated heterocycles. The maximum Gasteiger partial charge on any atom is 0.224 e. The number of halogens is 2. The van der Waals surface area contributed by atoms with Crippen LogP contribution in [0.4, 0.5) is 4.39 Å². The van der Waals surface area contributed by atoms with Crippen molar-refractivity contribution in [3.05, 3.63) is 35.8 Å². The number of likely N-dealkylation sites (N-methyl/N-ethyl adjacent to an activating group) is 1. The summed E-state index contributed by atoms with van der Waals surface area (Å²) in [4.78, 5) is 11.8. The van der Waals surface area contributed by atoms with Crippen LogP contribution in [-0.2, 0) is 11.2 Å². The second-order valence-corrected chi connectivity index (χ2v) is 4.57. The average molecular weight is 301 g/mol. The highest BCUT2D eigenvalue weighted by Crippen LogP contribution is 2.22. The molecule has 0 fully saturated rings. The summed E-state index contributed by atoms with van der Waals surface area (Å²) < 4.78 is 18.3. The summed E-state index contributed by atoms with van der Waals surface area (Å²) >= 11 is 0. The van der Waals surface area contributed by atoms with Gasteiger partial charge in [-0.3, -0.25) is 4.79 Å². The van der Waals surface area contributed by atoms with E-state index in [0.717, 1.165) is 10.9 Å². The topological polar surface area (TPSA) is 54.3 Å². The van der Waals surface area contributed by atoms with E-state index in [1.165, 1.54) is 18.4 Å². The van der Waals surface area contributed by atoms with Crippen LogP contribution in [0.5, 0.6) is 0 Å². The Morgan fingerprint density at radius 1 is 1.45 bits per heavy atom. The lowest BCUT2D eigenvalue weighted by atomic mass is 10.1. The fraction of sp³-hybridized carbons (Fsp3) is 0.357. The van der Waals surface area contributed by atoms with Crippen LogP contribution in [0, 0.1) is 5.82 Å². The van der Waals surface area contributed by atoms with Crippen LogP contribution >= 0.6 is 12.4 Å². The molecule has 2 rings (SSSR count). The number of hydrogen-bond donors (Lipinski definition) is 2. The van der Waals surface area contributed by atoms with Crippen molar-refractivity contribution in [2.45, 2.75) is 19.4 Å². The van der Waals surface area contributed by atoms with Gasteiger partial charge < -0.3 is 15.1 Å². The van der Waals surface area contributed by atoms with Crippen molar-refractivity contribution in [1.82, 2.24) is 10.6 Å². The molecule has 0 aliphatic rings. The van der Waals surface area contributed by atoms with Crippen LogP contribution in [0.15, 0.2) is 28.9 Å². The Labute approximate surface area is 123 Å². The number of furan rings is 1. The third-order valence-corrected chi connectivity index (χ3v) is 3.07. The minimum atomic E-state index is -0.347. The van der Waals surface area contributed by atoms with Gasteiger partial charge in [0.05, 0.1) is 12.7 Å². The quantitative estimate of drug-likeness (QED) is 0.890. The van der Waals surface area contributed by atoms with Crippen LogP contribution in [-0.4, -0.2) is 25.5 Å². The first-order valence-electron chi connectivity index (χ1n) is 6.19. The maximum absolute atomic E-state index is 13.0. The molecule has 2 aromatic rings. The molecule has 0 bridgehead atoms. The summed E-state index contributed by atoms with van der Waals surface area (Å²) in [5.74, 6) is -0.421. The standard InChI is InChI=1S/C14H17FN2O2.ClH/c1-9(16-2)7-17-14(18)5-10-8-19-13-6-11(15)3-4-12(10)13;/h3-4,6,8-9,16H,5,7H2,1-2H3,(H,17,18);1H. The van der Waals surface area contributed by atoms with Crippen LogP contribution < -0.4 is 10.6 Å². The van der Waals surface area contributed by atoms with Crippen LogP contribution in [0.3, 0.4) is 0 Å². The second kappa shape index (κ2) is 7.26. The van der Waals surface area contributed by atoms with Crippen molar-refractivity contribution < 1.29 is 13.6 Å². The SMILES string of the molecule is CNC(C)CNC(=O)Cc1coc2cc(F)ccc12.Cl. The second-order valence-electron chi connectivity index (χ2n) is 4.57. The summed E-state index contributed by atoms with van der Waals surface area (Å²) in [6.07, 6.45) is 1.74. The van der Waals surface area contributed by atoms with Gasteiger partial charge >= 0.3 is 0 Å². The Bertz CT molecular complexity index is 586. The monoisotopic (exact) mass is 300 g/mol. The zero-order valence-corrected chi connectivity index (χ0v) is 12.2. The molecule has 0 aliphatic heterocycles. The largest absolute Gasteiger partial charge is 0.464 e. The molecule has 1 aromatic carbocycles. The van der Waals surface area contributed by atoms with E-state index in [9.17, 15) is 9.18 Å².